The van der Waals surface area contributed by atoms with E-state index in [1.165, 1.54) is 0 Å². The zero-order valence-corrected chi connectivity index (χ0v) is 9.38. The van der Waals surface area contributed by atoms with Crippen LogP contribution in [0.2, 0.25) is 0 Å². The number of fused-ring (bicyclic) bond motifs is 2. The molecule has 0 aliphatic heterocycles. The maximum Gasteiger partial charge on any atom is 0.196 e. The zero-order chi connectivity index (χ0) is 11.1. The molecule has 1 heterocycles. The minimum absolute atomic E-state index is 0.180. The summed E-state index contributed by atoms with van der Waals surface area (Å²) in [5.41, 5.74) is 2.93. The fraction of sp³-hybridized carbons (Fsp3) is 0.357. The van der Waals surface area contributed by atoms with Gasteiger partial charge in [0.25, 0.3) is 0 Å². The fourth-order valence-electron chi connectivity index (χ4n) is 2.44. The molecule has 0 spiro atoms. The van der Waals surface area contributed by atoms with Crippen molar-refractivity contribution < 1.29 is 4.42 Å². The van der Waals surface area contributed by atoms with E-state index in [0.29, 0.717) is 0 Å². The van der Waals surface area contributed by atoms with Crippen LogP contribution in [-0.4, -0.2) is 0 Å². The van der Waals surface area contributed by atoms with Crippen molar-refractivity contribution in [3.63, 3.8) is 0 Å². The van der Waals surface area contributed by atoms with Gasteiger partial charge < -0.3 is 4.42 Å². The Morgan fingerprint density at radius 3 is 2.88 bits per heavy atom. The van der Waals surface area contributed by atoms with Crippen LogP contribution in [0.1, 0.15) is 29.7 Å². The topological polar surface area (TPSA) is 30.2 Å². The SMILES string of the molecule is Cc1ccc2oc3c(c(=O)c2c1)CCCC3. The number of hydrogen-bond donors (Lipinski definition) is 0. The van der Waals surface area contributed by atoms with Gasteiger partial charge in [-0.05, 0) is 38.3 Å². The van der Waals surface area contributed by atoms with Crippen LogP contribution in [0.4, 0.5) is 0 Å². The Morgan fingerprint density at radius 2 is 2.00 bits per heavy atom. The third-order valence-electron chi connectivity index (χ3n) is 3.30. The lowest BCUT2D eigenvalue weighted by Gasteiger charge is -2.14. The fourth-order valence-corrected chi connectivity index (χ4v) is 2.44. The molecule has 0 N–H and O–H groups in total. The van der Waals surface area contributed by atoms with Crippen molar-refractivity contribution >= 4 is 11.0 Å². The van der Waals surface area contributed by atoms with E-state index < -0.39 is 0 Å². The number of aryl methyl sites for hydroxylation is 2. The molecule has 0 atom stereocenters. The van der Waals surface area contributed by atoms with Crippen LogP contribution < -0.4 is 5.43 Å². The summed E-state index contributed by atoms with van der Waals surface area (Å²) >= 11 is 0. The maximum absolute atomic E-state index is 12.3. The largest absolute Gasteiger partial charge is 0.461 e. The van der Waals surface area contributed by atoms with E-state index in [1.54, 1.807) is 0 Å². The minimum atomic E-state index is 0.180. The van der Waals surface area contributed by atoms with E-state index in [9.17, 15) is 4.79 Å². The monoisotopic (exact) mass is 214 g/mol. The van der Waals surface area contributed by atoms with Crippen molar-refractivity contribution in [1.82, 2.24) is 0 Å². The molecule has 0 bridgehead atoms. The molecule has 1 aliphatic rings. The second kappa shape index (κ2) is 3.48. The highest BCUT2D eigenvalue weighted by Crippen LogP contribution is 2.23. The van der Waals surface area contributed by atoms with Crippen molar-refractivity contribution in [2.75, 3.05) is 0 Å². The average molecular weight is 214 g/mol. The van der Waals surface area contributed by atoms with Gasteiger partial charge in [0.2, 0.25) is 0 Å². The predicted molar refractivity (Wildman–Crippen MR) is 63.9 cm³/mol. The van der Waals surface area contributed by atoms with Crippen molar-refractivity contribution in [2.24, 2.45) is 0 Å². The molecule has 2 nitrogen and oxygen atoms in total. The van der Waals surface area contributed by atoms with Crippen molar-refractivity contribution in [3.8, 4) is 0 Å². The summed E-state index contributed by atoms with van der Waals surface area (Å²) < 4.78 is 5.82. The molecule has 0 unspecified atom stereocenters. The lowest BCUT2D eigenvalue weighted by molar-refractivity contribution is 0.487. The first kappa shape index (κ1) is 9.64. The Morgan fingerprint density at radius 1 is 1.19 bits per heavy atom. The Kier molecular flexibility index (Phi) is 2.10. The lowest BCUT2D eigenvalue weighted by Crippen LogP contribution is -2.16. The third-order valence-corrected chi connectivity index (χ3v) is 3.30. The second-order valence-corrected chi connectivity index (χ2v) is 4.54. The van der Waals surface area contributed by atoms with Crippen LogP contribution >= 0.6 is 0 Å². The van der Waals surface area contributed by atoms with Crippen molar-refractivity contribution in [1.29, 1.82) is 0 Å². The summed E-state index contributed by atoms with van der Waals surface area (Å²) in [7, 11) is 0. The van der Waals surface area contributed by atoms with E-state index in [2.05, 4.69) is 0 Å². The van der Waals surface area contributed by atoms with Gasteiger partial charge in [0.05, 0.1) is 5.39 Å². The smallest absolute Gasteiger partial charge is 0.196 e. The molecule has 1 aromatic heterocycles. The molecule has 0 fully saturated rings. The first-order valence-electron chi connectivity index (χ1n) is 5.81. The highest BCUT2D eigenvalue weighted by Gasteiger charge is 2.17. The molecule has 2 aromatic rings. The van der Waals surface area contributed by atoms with Gasteiger partial charge in [0.1, 0.15) is 11.3 Å². The van der Waals surface area contributed by atoms with Crippen molar-refractivity contribution in [3.05, 3.63) is 45.3 Å². The van der Waals surface area contributed by atoms with Crippen LogP contribution in [-0.2, 0) is 12.8 Å². The minimum Gasteiger partial charge on any atom is -0.461 e. The number of benzene rings is 1. The molecule has 0 saturated heterocycles. The first-order valence-corrected chi connectivity index (χ1v) is 5.81. The predicted octanol–water partition coefficient (Wildman–Crippen LogP) is 2.98. The summed E-state index contributed by atoms with van der Waals surface area (Å²) in [6.07, 6.45) is 4.03. The number of rotatable bonds is 0. The summed E-state index contributed by atoms with van der Waals surface area (Å²) in [6, 6.07) is 5.82. The Balaban J connectivity index is 2.40. The average Bonchev–Trinajstić information content (AvgIpc) is 2.31. The van der Waals surface area contributed by atoms with E-state index in [4.69, 9.17) is 4.42 Å². The van der Waals surface area contributed by atoms with Gasteiger partial charge in [-0.15, -0.1) is 0 Å². The first-order chi connectivity index (χ1) is 7.75. The summed E-state index contributed by atoms with van der Waals surface area (Å²) in [6.45, 7) is 2.00. The van der Waals surface area contributed by atoms with Gasteiger partial charge in [-0.3, -0.25) is 4.79 Å². The second-order valence-electron chi connectivity index (χ2n) is 4.54. The molecule has 1 aliphatic carbocycles. The summed E-state index contributed by atoms with van der Waals surface area (Å²) in [5, 5.41) is 0.737. The Hall–Kier alpha value is -1.57. The van der Waals surface area contributed by atoms with Gasteiger partial charge >= 0.3 is 0 Å². The van der Waals surface area contributed by atoms with Crippen LogP contribution in [0.3, 0.4) is 0 Å². The van der Waals surface area contributed by atoms with E-state index in [-0.39, 0.29) is 5.43 Å². The standard InChI is InChI=1S/C14H14O2/c1-9-6-7-13-11(8-9)14(15)10-4-2-3-5-12(10)16-13/h6-8H,2-5H2,1H3. The van der Waals surface area contributed by atoms with E-state index >= 15 is 0 Å². The van der Waals surface area contributed by atoms with Gasteiger partial charge in [-0.25, -0.2) is 0 Å². The van der Waals surface area contributed by atoms with Gasteiger partial charge in [-0.1, -0.05) is 11.6 Å². The summed E-state index contributed by atoms with van der Waals surface area (Å²) in [4.78, 5) is 12.3. The molecule has 0 amide bonds. The van der Waals surface area contributed by atoms with Gasteiger partial charge in [0, 0.05) is 12.0 Å². The molecule has 0 radical (unpaired) electrons. The van der Waals surface area contributed by atoms with E-state index in [0.717, 1.165) is 53.5 Å². The van der Waals surface area contributed by atoms with Gasteiger partial charge in [-0.2, -0.15) is 0 Å². The lowest BCUT2D eigenvalue weighted by atomic mass is 9.95. The van der Waals surface area contributed by atoms with Crippen LogP contribution in [0.25, 0.3) is 11.0 Å². The molecular weight excluding hydrogens is 200 g/mol. The van der Waals surface area contributed by atoms with Crippen LogP contribution in [0, 0.1) is 6.92 Å². The maximum atomic E-state index is 12.3. The quantitative estimate of drug-likeness (QED) is 0.674. The van der Waals surface area contributed by atoms with E-state index in [1.807, 2.05) is 25.1 Å². The zero-order valence-electron chi connectivity index (χ0n) is 9.38. The number of hydrogen-bond acceptors (Lipinski definition) is 2. The van der Waals surface area contributed by atoms with Crippen LogP contribution in [0.15, 0.2) is 27.4 Å². The molecule has 1 aromatic carbocycles. The summed E-state index contributed by atoms with van der Waals surface area (Å²) in [5.74, 6) is 0.910. The molecule has 0 saturated carbocycles. The van der Waals surface area contributed by atoms with Crippen LogP contribution in [0.5, 0.6) is 0 Å². The van der Waals surface area contributed by atoms with Gasteiger partial charge in [0.15, 0.2) is 5.43 Å². The third kappa shape index (κ3) is 1.37. The Bertz CT molecular complexity index is 608. The Labute approximate surface area is 93.9 Å². The molecule has 16 heavy (non-hydrogen) atoms. The van der Waals surface area contributed by atoms with Crippen molar-refractivity contribution in [2.45, 2.75) is 32.6 Å². The molecule has 2 heteroatoms. The highest BCUT2D eigenvalue weighted by atomic mass is 16.3. The molecular formula is C14H14O2. The highest BCUT2D eigenvalue weighted by molar-refractivity contribution is 5.78. The molecule has 3 rings (SSSR count). The molecule has 82 valence electrons. The normalized spacial score (nSPS) is 15.1.